The number of nitrogens with one attached hydrogen (secondary N) is 1. The van der Waals surface area contributed by atoms with E-state index in [1.54, 1.807) is 12.1 Å². The van der Waals surface area contributed by atoms with E-state index in [1.165, 1.54) is 12.1 Å². The molecule has 1 atom stereocenters. The van der Waals surface area contributed by atoms with E-state index in [1.807, 2.05) is 60.7 Å². The maximum atomic E-state index is 13.0. The van der Waals surface area contributed by atoms with Gasteiger partial charge in [0.05, 0.1) is 5.56 Å². The van der Waals surface area contributed by atoms with E-state index in [2.05, 4.69) is 4.72 Å². The van der Waals surface area contributed by atoms with Crippen molar-refractivity contribution in [3.63, 3.8) is 0 Å². The van der Waals surface area contributed by atoms with Crippen molar-refractivity contribution >= 4 is 21.4 Å². The summed E-state index contributed by atoms with van der Waals surface area (Å²) < 4.78 is 67.8. The highest BCUT2D eigenvalue weighted by atomic mass is 32.2. The van der Waals surface area contributed by atoms with Gasteiger partial charge in [-0.05, 0) is 47.4 Å². The molecular formula is C28H27F3N2O2S2. The van der Waals surface area contributed by atoms with E-state index in [4.69, 9.17) is 5.73 Å². The van der Waals surface area contributed by atoms with E-state index in [9.17, 15) is 21.6 Å². The van der Waals surface area contributed by atoms with E-state index in [-0.39, 0.29) is 23.1 Å². The van der Waals surface area contributed by atoms with E-state index in [0.29, 0.717) is 16.9 Å². The van der Waals surface area contributed by atoms with Crippen molar-refractivity contribution in [3.05, 3.63) is 124 Å². The second-order valence-corrected chi connectivity index (χ2v) is 11.9. The zero-order chi connectivity index (χ0) is 26.5. The van der Waals surface area contributed by atoms with Crippen LogP contribution in [0.1, 0.15) is 45.5 Å². The van der Waals surface area contributed by atoms with Crippen molar-refractivity contribution < 1.29 is 21.6 Å². The molecule has 1 aromatic heterocycles. The summed E-state index contributed by atoms with van der Waals surface area (Å²) in [6.07, 6.45) is -3.65. The van der Waals surface area contributed by atoms with Crippen LogP contribution < -0.4 is 10.5 Å². The highest BCUT2D eigenvalue weighted by Gasteiger charge is 2.31. The maximum Gasteiger partial charge on any atom is 0.416 e. The van der Waals surface area contributed by atoms with Gasteiger partial charge in [0.2, 0.25) is 10.0 Å². The van der Waals surface area contributed by atoms with Gasteiger partial charge in [0, 0.05) is 29.8 Å². The number of thiophene rings is 1. The fourth-order valence-electron chi connectivity index (χ4n) is 4.20. The number of hydrogen-bond acceptors (Lipinski definition) is 4. The van der Waals surface area contributed by atoms with Gasteiger partial charge in [-0.25, -0.2) is 13.1 Å². The largest absolute Gasteiger partial charge is 0.416 e. The molecule has 0 saturated heterocycles. The molecule has 3 aromatic carbocycles. The molecule has 3 N–H and O–H groups in total. The highest BCUT2D eigenvalue weighted by molar-refractivity contribution is 7.91. The number of benzene rings is 3. The van der Waals surface area contributed by atoms with Crippen LogP contribution in [0.5, 0.6) is 0 Å². The molecule has 0 fully saturated rings. The lowest BCUT2D eigenvalue weighted by atomic mass is 9.89. The Balaban J connectivity index is 1.41. The third-order valence-corrected chi connectivity index (χ3v) is 9.15. The molecule has 4 nitrogen and oxygen atoms in total. The Labute approximate surface area is 219 Å². The highest BCUT2D eigenvalue weighted by Crippen LogP contribution is 2.32. The molecule has 0 bridgehead atoms. The van der Waals surface area contributed by atoms with Crippen molar-refractivity contribution in [2.24, 2.45) is 5.73 Å². The summed E-state index contributed by atoms with van der Waals surface area (Å²) in [6, 6.07) is 27.3. The lowest BCUT2D eigenvalue weighted by Gasteiger charge is -2.18. The van der Waals surface area contributed by atoms with Gasteiger partial charge in [-0.1, -0.05) is 72.8 Å². The fourth-order valence-corrected chi connectivity index (χ4v) is 6.70. The Morgan fingerprint density at radius 1 is 0.811 bits per heavy atom. The molecule has 0 aliphatic carbocycles. The first-order valence-corrected chi connectivity index (χ1v) is 14.0. The molecule has 0 radical (unpaired) electrons. The zero-order valence-electron chi connectivity index (χ0n) is 19.9. The summed E-state index contributed by atoms with van der Waals surface area (Å²) in [5.74, 6) is 0.0365. The van der Waals surface area contributed by atoms with Gasteiger partial charge in [0.1, 0.15) is 4.21 Å². The van der Waals surface area contributed by atoms with Crippen LogP contribution in [0.3, 0.4) is 0 Å². The molecule has 37 heavy (non-hydrogen) atoms. The van der Waals surface area contributed by atoms with Gasteiger partial charge < -0.3 is 5.73 Å². The summed E-state index contributed by atoms with van der Waals surface area (Å²) in [6.45, 7) is 0.244. The van der Waals surface area contributed by atoms with Gasteiger partial charge in [-0.2, -0.15) is 13.2 Å². The summed E-state index contributed by atoms with van der Waals surface area (Å²) >= 11 is 1.07. The lowest BCUT2D eigenvalue weighted by Crippen LogP contribution is -2.25. The van der Waals surface area contributed by atoms with Crippen molar-refractivity contribution in [1.29, 1.82) is 0 Å². The molecule has 4 aromatic rings. The normalized spacial score (nSPS) is 13.1. The first-order valence-electron chi connectivity index (χ1n) is 11.7. The number of sulfonamides is 1. The monoisotopic (exact) mass is 544 g/mol. The summed E-state index contributed by atoms with van der Waals surface area (Å²) in [5, 5.41) is 0. The van der Waals surface area contributed by atoms with E-state index >= 15 is 0 Å². The van der Waals surface area contributed by atoms with Crippen molar-refractivity contribution in [1.82, 2.24) is 4.72 Å². The van der Waals surface area contributed by atoms with Crippen LogP contribution in [-0.2, 0) is 22.6 Å². The molecule has 1 unspecified atom stereocenters. The number of rotatable bonds is 10. The van der Waals surface area contributed by atoms with Gasteiger partial charge >= 0.3 is 6.18 Å². The van der Waals surface area contributed by atoms with Gasteiger partial charge in [-0.3, -0.25) is 0 Å². The van der Waals surface area contributed by atoms with Crippen LogP contribution >= 0.6 is 11.3 Å². The maximum absolute atomic E-state index is 13.0. The predicted octanol–water partition coefficient (Wildman–Crippen LogP) is 6.51. The Bertz CT molecular complexity index is 1370. The van der Waals surface area contributed by atoms with Crippen molar-refractivity contribution in [2.45, 2.75) is 35.2 Å². The standard InChI is InChI=1S/C28H27F3N2O2S2/c29-28(30,31)23-13-7-12-22(18-23)26(32)19-24-14-15-27(36-24)37(34,35)33-17-16-25(20-8-3-1-4-9-20)21-10-5-2-6-11-21/h1-15,18,25-26,33H,16-17,19,32H2. The van der Waals surface area contributed by atoms with Gasteiger partial charge in [0.15, 0.2) is 0 Å². The Morgan fingerprint density at radius 3 is 2.00 bits per heavy atom. The van der Waals surface area contributed by atoms with E-state index in [0.717, 1.165) is 34.6 Å². The van der Waals surface area contributed by atoms with Crippen molar-refractivity contribution in [3.8, 4) is 0 Å². The molecule has 4 rings (SSSR count). The summed E-state index contributed by atoms with van der Waals surface area (Å²) in [5.41, 5.74) is 7.95. The molecule has 0 aliphatic heterocycles. The Hall–Kier alpha value is -2.98. The minimum absolute atomic E-state index is 0.0365. The molecule has 0 aliphatic rings. The third kappa shape index (κ3) is 7.07. The molecule has 9 heteroatoms. The number of nitrogens with two attached hydrogens (primary N) is 1. The zero-order valence-corrected chi connectivity index (χ0v) is 21.5. The van der Waals surface area contributed by atoms with Crippen LogP contribution in [0.15, 0.2) is 101 Å². The summed E-state index contributed by atoms with van der Waals surface area (Å²) in [4.78, 5) is 0.678. The smallest absolute Gasteiger partial charge is 0.324 e. The van der Waals surface area contributed by atoms with Crippen LogP contribution in [0.25, 0.3) is 0 Å². The molecule has 1 heterocycles. The second kappa shape index (κ2) is 11.6. The Morgan fingerprint density at radius 2 is 1.41 bits per heavy atom. The topological polar surface area (TPSA) is 72.2 Å². The van der Waals surface area contributed by atoms with E-state index < -0.39 is 27.8 Å². The summed E-state index contributed by atoms with van der Waals surface area (Å²) in [7, 11) is -3.75. The molecule has 194 valence electrons. The van der Waals surface area contributed by atoms with Gasteiger partial charge in [0.25, 0.3) is 0 Å². The average molecular weight is 545 g/mol. The number of hydrogen-bond donors (Lipinski definition) is 2. The van der Waals surface area contributed by atoms with Crippen LogP contribution in [0.2, 0.25) is 0 Å². The minimum atomic E-state index is -4.45. The lowest BCUT2D eigenvalue weighted by molar-refractivity contribution is -0.137. The van der Waals surface area contributed by atoms with Crippen LogP contribution in [0.4, 0.5) is 13.2 Å². The second-order valence-electron chi connectivity index (χ2n) is 8.71. The third-order valence-electron chi connectivity index (χ3n) is 6.09. The van der Waals surface area contributed by atoms with Crippen LogP contribution in [0, 0.1) is 0 Å². The fraction of sp³-hybridized carbons (Fsp3) is 0.214. The molecule has 0 spiro atoms. The quantitative estimate of drug-likeness (QED) is 0.239. The molecule has 0 amide bonds. The van der Waals surface area contributed by atoms with Crippen LogP contribution in [-0.4, -0.2) is 15.0 Å². The van der Waals surface area contributed by atoms with Crippen molar-refractivity contribution in [2.75, 3.05) is 6.54 Å². The minimum Gasteiger partial charge on any atom is -0.324 e. The predicted molar refractivity (Wildman–Crippen MR) is 141 cm³/mol. The number of alkyl halides is 3. The average Bonchev–Trinajstić information content (AvgIpc) is 3.37. The van der Waals surface area contributed by atoms with Gasteiger partial charge in [-0.15, -0.1) is 11.3 Å². The first kappa shape index (κ1) is 27.1. The first-order chi connectivity index (χ1) is 17.6. The number of halogens is 3. The SMILES string of the molecule is NC(Cc1ccc(S(=O)(=O)NCCC(c2ccccc2)c2ccccc2)s1)c1cccc(C(F)(F)F)c1. The molecule has 0 saturated carbocycles. The molecular weight excluding hydrogens is 517 g/mol. The Kier molecular flexibility index (Phi) is 8.49.